The number of amides is 1. The predicted octanol–water partition coefficient (Wildman–Crippen LogP) is 3.03. The van der Waals surface area contributed by atoms with Crippen molar-refractivity contribution in [2.75, 3.05) is 25.5 Å². The molecule has 0 spiro atoms. The molecule has 2 aromatic rings. The smallest absolute Gasteiger partial charge is 0.341 e. The molecule has 0 fully saturated rings. The lowest BCUT2D eigenvalue weighted by atomic mass is 10.2. The third-order valence-electron chi connectivity index (χ3n) is 4.31. The van der Waals surface area contributed by atoms with Gasteiger partial charge < -0.3 is 15.0 Å². The summed E-state index contributed by atoms with van der Waals surface area (Å²) < 4.78 is 32.1. The molecule has 0 saturated heterocycles. The molecule has 0 aliphatic heterocycles. The van der Waals surface area contributed by atoms with Crippen LogP contribution in [0.2, 0.25) is 5.02 Å². The fourth-order valence-corrected chi connectivity index (χ4v) is 4.59. The van der Waals surface area contributed by atoms with Crippen LogP contribution in [-0.4, -0.2) is 49.8 Å². The van der Waals surface area contributed by atoms with E-state index in [1.807, 2.05) is 0 Å². The van der Waals surface area contributed by atoms with Crippen molar-refractivity contribution < 1.29 is 22.7 Å². The van der Waals surface area contributed by atoms with E-state index >= 15 is 0 Å². The van der Waals surface area contributed by atoms with E-state index in [0.717, 1.165) is 9.87 Å². The molecule has 0 saturated carbocycles. The number of rotatable bonds is 7. The molecule has 0 aliphatic carbocycles. The van der Waals surface area contributed by atoms with E-state index in [-0.39, 0.29) is 17.1 Å². The molecule has 0 atom stereocenters. The number of hydrogen-bond donors (Lipinski definition) is 2. The minimum Gasteiger partial charge on any atom is -0.462 e. The number of likely N-dealkylation sites (N-methyl/N-ethyl adjacent to an activating group) is 1. The van der Waals surface area contributed by atoms with Gasteiger partial charge in [-0.2, -0.15) is 4.31 Å². The lowest BCUT2D eigenvalue weighted by Crippen LogP contribution is -2.36. The second-order valence-electron chi connectivity index (χ2n) is 6.57. The van der Waals surface area contributed by atoms with E-state index in [0.29, 0.717) is 22.1 Å². The van der Waals surface area contributed by atoms with Crippen LogP contribution < -0.4 is 5.32 Å². The number of nitrogens with zero attached hydrogens (tertiary/aromatic N) is 1. The van der Waals surface area contributed by atoms with Crippen LogP contribution >= 0.6 is 11.6 Å². The van der Waals surface area contributed by atoms with Gasteiger partial charge in [-0.25, -0.2) is 13.2 Å². The highest BCUT2D eigenvalue weighted by Crippen LogP contribution is 2.27. The summed E-state index contributed by atoms with van der Waals surface area (Å²) >= 11 is 5.95. The van der Waals surface area contributed by atoms with E-state index in [4.69, 9.17) is 16.3 Å². The number of aromatic amines is 1. The van der Waals surface area contributed by atoms with Crippen molar-refractivity contribution in [1.29, 1.82) is 0 Å². The first-order valence-electron chi connectivity index (χ1n) is 8.87. The number of H-pyrrole nitrogens is 1. The van der Waals surface area contributed by atoms with Crippen LogP contribution in [0.25, 0.3) is 0 Å². The summed E-state index contributed by atoms with van der Waals surface area (Å²) in [5.41, 5.74) is 1.90. The Labute approximate surface area is 175 Å². The Bertz CT molecular complexity index is 1050. The largest absolute Gasteiger partial charge is 0.462 e. The van der Waals surface area contributed by atoms with Crippen LogP contribution in [0.3, 0.4) is 0 Å². The van der Waals surface area contributed by atoms with Crippen LogP contribution in [0, 0.1) is 20.8 Å². The molecule has 0 aliphatic rings. The van der Waals surface area contributed by atoms with Crippen LogP contribution in [0.5, 0.6) is 0 Å². The Kier molecular flexibility index (Phi) is 7.10. The van der Waals surface area contributed by atoms with Crippen molar-refractivity contribution in [3.8, 4) is 0 Å². The predicted molar refractivity (Wildman–Crippen MR) is 111 cm³/mol. The molecule has 2 rings (SSSR count). The lowest BCUT2D eigenvalue weighted by molar-refractivity contribution is -0.116. The number of anilines is 1. The number of benzene rings is 1. The van der Waals surface area contributed by atoms with Gasteiger partial charge in [-0.15, -0.1) is 0 Å². The number of aryl methyl sites for hydroxylation is 3. The first kappa shape index (κ1) is 22.9. The molecule has 1 heterocycles. The van der Waals surface area contributed by atoms with Crippen molar-refractivity contribution in [3.63, 3.8) is 0 Å². The number of carbonyl (C=O) groups is 2. The van der Waals surface area contributed by atoms with E-state index < -0.39 is 28.4 Å². The molecule has 10 heteroatoms. The molecular formula is C19H24ClN3O5S. The Balaban J connectivity index is 2.29. The summed E-state index contributed by atoms with van der Waals surface area (Å²) in [5, 5.41) is 3.10. The second-order valence-corrected chi connectivity index (χ2v) is 8.99. The summed E-state index contributed by atoms with van der Waals surface area (Å²) in [6.45, 7) is 6.23. The van der Waals surface area contributed by atoms with Crippen LogP contribution in [-0.2, 0) is 19.6 Å². The molecule has 29 heavy (non-hydrogen) atoms. The molecule has 0 radical (unpaired) electrons. The van der Waals surface area contributed by atoms with Gasteiger partial charge in [0.2, 0.25) is 15.9 Å². The highest BCUT2D eigenvalue weighted by molar-refractivity contribution is 7.89. The van der Waals surface area contributed by atoms with Gasteiger partial charge in [0, 0.05) is 29.1 Å². The van der Waals surface area contributed by atoms with E-state index in [9.17, 15) is 18.0 Å². The molecule has 2 N–H and O–H groups in total. The maximum Gasteiger partial charge on any atom is 0.341 e. The number of aromatic nitrogens is 1. The van der Waals surface area contributed by atoms with E-state index in [2.05, 4.69) is 10.3 Å². The minimum absolute atomic E-state index is 0.0534. The maximum atomic E-state index is 13.1. The number of ether oxygens (including phenoxy) is 1. The zero-order valence-corrected chi connectivity index (χ0v) is 18.5. The quantitative estimate of drug-likeness (QED) is 0.642. The molecule has 0 bridgehead atoms. The molecule has 1 aromatic carbocycles. The monoisotopic (exact) mass is 441 g/mol. The van der Waals surface area contributed by atoms with Crippen LogP contribution in [0.15, 0.2) is 23.1 Å². The van der Waals surface area contributed by atoms with Crippen molar-refractivity contribution in [2.45, 2.75) is 32.6 Å². The van der Waals surface area contributed by atoms with Crippen LogP contribution in [0.4, 0.5) is 5.69 Å². The van der Waals surface area contributed by atoms with Gasteiger partial charge in [-0.3, -0.25) is 4.79 Å². The van der Waals surface area contributed by atoms with Gasteiger partial charge in [-0.1, -0.05) is 17.7 Å². The highest BCUT2D eigenvalue weighted by Gasteiger charge is 2.33. The fourth-order valence-electron chi connectivity index (χ4n) is 2.89. The average Bonchev–Trinajstić information content (AvgIpc) is 2.93. The topological polar surface area (TPSA) is 109 Å². The second kappa shape index (κ2) is 8.98. The standard InChI is InChI=1S/C19H24ClN3O5S/c1-6-28-19(25)17-12(3)21-13(4)18(17)29(26,27)23(5)10-16(24)22-15-9-14(20)8-7-11(15)2/h7-9,21H,6,10H2,1-5H3,(H,22,24). The first-order chi connectivity index (χ1) is 13.5. The average molecular weight is 442 g/mol. The molecule has 1 amide bonds. The normalized spacial score (nSPS) is 11.6. The number of carbonyl (C=O) groups excluding carboxylic acids is 2. The zero-order valence-electron chi connectivity index (χ0n) is 16.9. The van der Waals surface area contributed by atoms with Gasteiger partial charge in [0.25, 0.3) is 0 Å². The number of nitrogens with one attached hydrogen (secondary N) is 2. The maximum absolute atomic E-state index is 13.1. The summed E-state index contributed by atoms with van der Waals surface area (Å²) in [6.07, 6.45) is 0. The molecule has 158 valence electrons. The summed E-state index contributed by atoms with van der Waals surface area (Å²) in [6, 6.07) is 5.02. The summed E-state index contributed by atoms with van der Waals surface area (Å²) in [5.74, 6) is -1.27. The van der Waals surface area contributed by atoms with Gasteiger partial charge >= 0.3 is 5.97 Å². The van der Waals surface area contributed by atoms with Crippen molar-refractivity contribution in [3.05, 3.63) is 45.7 Å². The summed E-state index contributed by atoms with van der Waals surface area (Å²) in [7, 11) is -2.86. The van der Waals surface area contributed by atoms with Gasteiger partial charge in [0.05, 0.1) is 13.2 Å². The molecule has 1 aromatic heterocycles. The Morgan fingerprint density at radius 1 is 1.21 bits per heavy atom. The highest BCUT2D eigenvalue weighted by atomic mass is 35.5. The number of esters is 1. The number of halogens is 1. The SMILES string of the molecule is CCOC(=O)c1c(C)[nH]c(C)c1S(=O)(=O)N(C)CC(=O)Nc1cc(Cl)ccc1C. The molecular weight excluding hydrogens is 418 g/mol. The number of sulfonamides is 1. The first-order valence-corrected chi connectivity index (χ1v) is 10.7. The lowest BCUT2D eigenvalue weighted by Gasteiger charge is -2.18. The number of hydrogen-bond acceptors (Lipinski definition) is 5. The van der Waals surface area contributed by atoms with Crippen molar-refractivity contribution in [2.24, 2.45) is 0 Å². The molecule has 8 nitrogen and oxygen atoms in total. The Morgan fingerprint density at radius 2 is 1.86 bits per heavy atom. The third kappa shape index (κ3) is 4.98. The van der Waals surface area contributed by atoms with Crippen molar-refractivity contribution in [1.82, 2.24) is 9.29 Å². The zero-order chi connectivity index (χ0) is 21.9. The van der Waals surface area contributed by atoms with Crippen LogP contribution in [0.1, 0.15) is 34.2 Å². The van der Waals surface area contributed by atoms with Gasteiger partial charge in [-0.05, 0) is 45.4 Å². The molecule has 0 unspecified atom stereocenters. The van der Waals surface area contributed by atoms with Gasteiger partial charge in [0.15, 0.2) is 0 Å². The van der Waals surface area contributed by atoms with E-state index in [1.54, 1.807) is 45.9 Å². The Morgan fingerprint density at radius 3 is 2.48 bits per heavy atom. The van der Waals surface area contributed by atoms with Gasteiger partial charge in [0.1, 0.15) is 10.5 Å². The van der Waals surface area contributed by atoms with E-state index in [1.165, 1.54) is 7.05 Å². The third-order valence-corrected chi connectivity index (χ3v) is 6.52. The Hall–Kier alpha value is -2.36. The fraction of sp³-hybridized carbons (Fsp3) is 0.368. The van der Waals surface area contributed by atoms with Crippen molar-refractivity contribution >= 4 is 39.2 Å². The minimum atomic E-state index is -4.13. The summed E-state index contributed by atoms with van der Waals surface area (Å²) in [4.78, 5) is 27.4.